The number of carbonyl (C=O) groups excluding carboxylic acids is 3. The highest BCUT2D eigenvalue weighted by atomic mass is 16.5. The summed E-state index contributed by atoms with van der Waals surface area (Å²) in [6, 6.07) is 11.6. The second-order valence-electron chi connectivity index (χ2n) is 13.2. The van der Waals surface area contributed by atoms with E-state index in [-0.39, 0.29) is 36.8 Å². The van der Waals surface area contributed by atoms with Gasteiger partial charge in [0.2, 0.25) is 11.8 Å². The Morgan fingerprint density at radius 3 is 2.20 bits per heavy atom. The van der Waals surface area contributed by atoms with Crippen LogP contribution < -0.4 is 14.5 Å². The highest BCUT2D eigenvalue weighted by Crippen LogP contribution is 2.58. The minimum Gasteiger partial charge on any atom is -0.494 e. The molecular formula is C37H45N3O6. The van der Waals surface area contributed by atoms with Gasteiger partial charge in [-0.3, -0.25) is 14.4 Å². The predicted molar refractivity (Wildman–Crippen MR) is 177 cm³/mol. The first-order valence-corrected chi connectivity index (χ1v) is 16.4. The van der Waals surface area contributed by atoms with E-state index >= 15 is 0 Å². The molecule has 1 unspecified atom stereocenters. The predicted octanol–water partition coefficient (Wildman–Crippen LogP) is 4.59. The molecule has 1 spiro atoms. The van der Waals surface area contributed by atoms with Crippen molar-refractivity contribution in [1.29, 1.82) is 0 Å². The van der Waals surface area contributed by atoms with Gasteiger partial charge in [-0.1, -0.05) is 62.8 Å². The third-order valence-corrected chi connectivity index (χ3v) is 10.5. The molecule has 4 aliphatic rings. The van der Waals surface area contributed by atoms with Gasteiger partial charge in [-0.05, 0) is 69.0 Å². The van der Waals surface area contributed by atoms with Gasteiger partial charge < -0.3 is 29.3 Å². The zero-order valence-corrected chi connectivity index (χ0v) is 27.6. The molecule has 2 aromatic rings. The van der Waals surface area contributed by atoms with Crippen molar-refractivity contribution >= 4 is 29.1 Å². The van der Waals surface area contributed by atoms with Crippen LogP contribution in [0.15, 0.2) is 66.8 Å². The molecule has 0 radical (unpaired) electrons. The van der Waals surface area contributed by atoms with Crippen LogP contribution in [0, 0.1) is 31.6 Å². The van der Waals surface area contributed by atoms with Gasteiger partial charge in [-0.25, -0.2) is 0 Å². The van der Waals surface area contributed by atoms with E-state index in [1.165, 1.54) is 0 Å². The Labute approximate surface area is 271 Å². The molecule has 3 amide bonds. The highest BCUT2D eigenvalue weighted by Gasteiger charge is 2.75. The zero-order chi connectivity index (χ0) is 33.0. The summed E-state index contributed by atoms with van der Waals surface area (Å²) in [5.74, 6) is -2.13. The number of carbonyl (C=O) groups is 3. The number of para-hydroxylation sites is 1. The number of amides is 3. The van der Waals surface area contributed by atoms with Crippen molar-refractivity contribution in [2.24, 2.45) is 17.8 Å². The fourth-order valence-electron chi connectivity index (χ4n) is 8.19. The monoisotopic (exact) mass is 627 g/mol. The number of hydrogen-bond acceptors (Lipinski definition) is 6. The smallest absolute Gasteiger partial charge is 0.253 e. The molecule has 0 saturated carbocycles. The first kappa shape index (κ1) is 32.0. The fourth-order valence-corrected chi connectivity index (χ4v) is 8.19. The largest absolute Gasteiger partial charge is 0.494 e. The van der Waals surface area contributed by atoms with Gasteiger partial charge in [-0.15, -0.1) is 0 Å². The Hall–Kier alpha value is -3.95. The molecule has 7 atom stereocenters. The minimum absolute atomic E-state index is 0.102. The van der Waals surface area contributed by atoms with Crippen LogP contribution >= 0.6 is 0 Å². The Morgan fingerprint density at radius 1 is 0.913 bits per heavy atom. The molecule has 9 nitrogen and oxygen atoms in total. The summed E-state index contributed by atoms with van der Waals surface area (Å²) in [7, 11) is 0. The van der Waals surface area contributed by atoms with E-state index in [4.69, 9.17) is 9.47 Å². The average Bonchev–Trinajstić information content (AvgIpc) is 3.30. The molecule has 46 heavy (non-hydrogen) atoms. The number of nitrogens with zero attached hydrogens (tertiary/aromatic N) is 3. The second kappa shape index (κ2) is 12.0. The molecule has 6 rings (SSSR count). The van der Waals surface area contributed by atoms with Crippen LogP contribution in [0.1, 0.15) is 45.2 Å². The minimum atomic E-state index is -1.42. The van der Waals surface area contributed by atoms with Gasteiger partial charge in [0.25, 0.3) is 5.91 Å². The summed E-state index contributed by atoms with van der Waals surface area (Å²) in [5.41, 5.74) is 0.805. The van der Waals surface area contributed by atoms with E-state index in [1.54, 1.807) is 14.7 Å². The summed E-state index contributed by atoms with van der Waals surface area (Å²) in [4.78, 5) is 49.6. The van der Waals surface area contributed by atoms with Gasteiger partial charge in [0, 0.05) is 24.5 Å². The maximum Gasteiger partial charge on any atom is 0.253 e. The number of likely N-dealkylation sites (tertiary alicyclic amines) is 1. The second-order valence-corrected chi connectivity index (χ2v) is 13.2. The SMILES string of the molecule is CCOc1ccc(N2CC=C[C@]3(C)O[C@]45C=CCN(c6c(C)cccc6C)C(=O)C4N([C@@H](CO)[C@@H](C)CC)C(=O)[C@@H]5[C@@H]3C2=O)cc1. The molecule has 0 aromatic heterocycles. The number of hydrogen-bond donors (Lipinski definition) is 1. The van der Waals surface area contributed by atoms with E-state index in [2.05, 4.69) is 0 Å². The van der Waals surface area contributed by atoms with Crippen LogP contribution in [0.3, 0.4) is 0 Å². The standard InChI is InChI=1S/C37H45N3O6/c1-7-23(3)28(22-41)40-32-35(44)39(31-24(4)12-9-13-25(31)5)21-11-19-37(32)30(34(40)43)29-33(42)38(20-10-18-36(29,6)46-37)26-14-16-27(17-15-26)45-8-2/h9-19,23,28-30,32,41H,7-8,20-22H2,1-6H3/t23-,28-,29+,30-,32?,36-,37-/m0/s1. The topological polar surface area (TPSA) is 99.6 Å². The molecule has 0 bridgehead atoms. The van der Waals surface area contributed by atoms with Gasteiger partial charge >= 0.3 is 0 Å². The molecule has 2 fully saturated rings. The molecule has 1 N–H and O–H groups in total. The quantitative estimate of drug-likeness (QED) is 0.430. The summed E-state index contributed by atoms with van der Waals surface area (Å²) < 4.78 is 12.6. The third kappa shape index (κ3) is 4.78. The Kier molecular flexibility index (Phi) is 8.36. The van der Waals surface area contributed by atoms with Crippen molar-refractivity contribution in [3.8, 4) is 5.75 Å². The van der Waals surface area contributed by atoms with E-state index < -0.39 is 35.1 Å². The van der Waals surface area contributed by atoms with Crippen LogP contribution in [0.5, 0.6) is 5.75 Å². The number of aliphatic hydroxyl groups is 1. The number of aryl methyl sites for hydroxylation is 2. The fraction of sp³-hybridized carbons (Fsp3) is 0.486. The van der Waals surface area contributed by atoms with Crippen LogP contribution in [-0.2, 0) is 19.1 Å². The van der Waals surface area contributed by atoms with Crippen LogP contribution in [0.25, 0.3) is 0 Å². The third-order valence-electron chi connectivity index (χ3n) is 10.5. The van der Waals surface area contributed by atoms with Crippen LogP contribution in [-0.4, -0.2) is 77.3 Å². The molecule has 4 aliphatic heterocycles. The number of rotatable bonds is 8. The van der Waals surface area contributed by atoms with Crippen molar-refractivity contribution in [1.82, 2.24) is 4.90 Å². The molecule has 2 aromatic carbocycles. The summed E-state index contributed by atoms with van der Waals surface area (Å²) in [6.07, 6.45) is 8.25. The van der Waals surface area contributed by atoms with Gasteiger partial charge in [-0.2, -0.15) is 0 Å². The number of fused-ring (bicyclic) bond motifs is 2. The maximum atomic E-state index is 15.0. The Bertz CT molecular complexity index is 1570. The Morgan fingerprint density at radius 2 is 1.57 bits per heavy atom. The molecular weight excluding hydrogens is 582 g/mol. The first-order chi connectivity index (χ1) is 22.0. The lowest BCUT2D eigenvalue weighted by molar-refractivity contribution is -0.149. The van der Waals surface area contributed by atoms with Crippen molar-refractivity contribution in [3.05, 3.63) is 77.9 Å². The molecule has 2 saturated heterocycles. The van der Waals surface area contributed by atoms with Crippen LogP contribution in [0.4, 0.5) is 11.4 Å². The maximum absolute atomic E-state index is 15.0. The van der Waals surface area contributed by atoms with Crippen LogP contribution in [0.2, 0.25) is 0 Å². The normalized spacial score (nSPS) is 30.1. The average molecular weight is 628 g/mol. The number of aliphatic hydroxyl groups excluding tert-OH is 1. The van der Waals surface area contributed by atoms with Crippen molar-refractivity contribution in [3.63, 3.8) is 0 Å². The van der Waals surface area contributed by atoms with E-state index in [1.807, 2.05) is 108 Å². The molecule has 9 heteroatoms. The highest BCUT2D eigenvalue weighted by molar-refractivity contribution is 6.08. The van der Waals surface area contributed by atoms with Crippen molar-refractivity contribution < 1.29 is 29.0 Å². The first-order valence-electron chi connectivity index (χ1n) is 16.4. The molecule has 244 valence electrons. The number of ether oxygens (including phenoxy) is 2. The van der Waals surface area contributed by atoms with Crippen molar-refractivity contribution in [2.45, 2.75) is 71.2 Å². The van der Waals surface area contributed by atoms with Gasteiger partial charge in [0.05, 0.1) is 36.7 Å². The summed E-state index contributed by atoms with van der Waals surface area (Å²) in [5, 5.41) is 10.7. The summed E-state index contributed by atoms with van der Waals surface area (Å²) in [6.45, 7) is 12.5. The van der Waals surface area contributed by atoms with E-state index in [9.17, 15) is 19.5 Å². The van der Waals surface area contributed by atoms with E-state index in [0.29, 0.717) is 31.0 Å². The lowest BCUT2D eigenvalue weighted by atomic mass is 9.74. The van der Waals surface area contributed by atoms with E-state index in [0.717, 1.165) is 16.8 Å². The molecule has 0 aliphatic carbocycles. The van der Waals surface area contributed by atoms with Crippen molar-refractivity contribution in [2.75, 3.05) is 36.1 Å². The number of anilines is 2. The van der Waals surface area contributed by atoms with Gasteiger partial charge in [0.15, 0.2) is 0 Å². The Balaban J connectivity index is 1.49. The lowest BCUT2D eigenvalue weighted by Crippen LogP contribution is -2.60. The zero-order valence-electron chi connectivity index (χ0n) is 27.6. The van der Waals surface area contributed by atoms with Gasteiger partial charge in [0.1, 0.15) is 17.4 Å². The lowest BCUT2D eigenvalue weighted by Gasteiger charge is -2.41. The summed E-state index contributed by atoms with van der Waals surface area (Å²) >= 11 is 0. The molecule has 4 heterocycles. The number of benzene rings is 2.